The molecule has 0 aromatic heterocycles. The number of allylic oxidation sites excluding steroid dienone is 5. The van der Waals surface area contributed by atoms with Crippen molar-refractivity contribution in [3.8, 4) is 6.07 Å². The van der Waals surface area contributed by atoms with Gasteiger partial charge >= 0.3 is 0 Å². The predicted molar refractivity (Wildman–Crippen MR) is 58.5 cm³/mol. The van der Waals surface area contributed by atoms with Crippen molar-refractivity contribution >= 4 is 0 Å². The van der Waals surface area contributed by atoms with E-state index in [0.29, 0.717) is 0 Å². The van der Waals surface area contributed by atoms with Gasteiger partial charge in [-0.1, -0.05) is 12.2 Å². The Morgan fingerprint density at radius 3 is 2.71 bits per heavy atom. The van der Waals surface area contributed by atoms with E-state index in [1.54, 1.807) is 0 Å². The summed E-state index contributed by atoms with van der Waals surface area (Å²) in [7, 11) is 0. The summed E-state index contributed by atoms with van der Waals surface area (Å²) in [5, 5.41) is 8.75. The molecular formula is C12H16N2. The maximum Gasteiger partial charge on any atom is 0.0988 e. The third-order valence-corrected chi connectivity index (χ3v) is 2.39. The van der Waals surface area contributed by atoms with Crippen LogP contribution in [0.4, 0.5) is 0 Å². The van der Waals surface area contributed by atoms with Gasteiger partial charge in [0.2, 0.25) is 0 Å². The van der Waals surface area contributed by atoms with Gasteiger partial charge < -0.3 is 4.90 Å². The molecule has 0 aromatic rings. The summed E-state index contributed by atoms with van der Waals surface area (Å²) in [4.78, 5) is 2.31. The molecule has 0 amide bonds. The number of hydrogen-bond donors (Lipinski definition) is 0. The van der Waals surface area contributed by atoms with Crippen LogP contribution in [0.15, 0.2) is 35.6 Å². The molecule has 0 spiro atoms. The molecule has 2 heteroatoms. The molecule has 14 heavy (non-hydrogen) atoms. The molecule has 0 aliphatic heterocycles. The van der Waals surface area contributed by atoms with Crippen molar-refractivity contribution in [1.29, 1.82) is 5.26 Å². The Hall–Kier alpha value is -1.49. The van der Waals surface area contributed by atoms with Crippen LogP contribution in [0.3, 0.4) is 0 Å². The molecule has 0 heterocycles. The molecule has 0 bridgehead atoms. The summed E-state index contributed by atoms with van der Waals surface area (Å²) in [6.07, 6.45) is 8.74. The maximum atomic E-state index is 8.75. The number of nitriles is 1. The van der Waals surface area contributed by atoms with Crippen molar-refractivity contribution in [2.75, 3.05) is 13.1 Å². The van der Waals surface area contributed by atoms with E-state index in [-0.39, 0.29) is 0 Å². The summed E-state index contributed by atoms with van der Waals surface area (Å²) >= 11 is 0. The Labute approximate surface area is 85.8 Å². The van der Waals surface area contributed by atoms with Crippen LogP contribution < -0.4 is 0 Å². The van der Waals surface area contributed by atoms with Crippen molar-refractivity contribution in [2.24, 2.45) is 0 Å². The van der Waals surface area contributed by atoms with Gasteiger partial charge in [-0.15, -0.1) is 0 Å². The Morgan fingerprint density at radius 2 is 2.14 bits per heavy atom. The van der Waals surface area contributed by atoms with Crippen LogP contribution in [0, 0.1) is 11.3 Å². The molecular weight excluding hydrogens is 172 g/mol. The topological polar surface area (TPSA) is 27.0 Å². The summed E-state index contributed by atoms with van der Waals surface area (Å²) in [6, 6.07) is 2.16. The molecule has 0 saturated carbocycles. The van der Waals surface area contributed by atoms with Crippen molar-refractivity contribution in [2.45, 2.75) is 20.3 Å². The Morgan fingerprint density at radius 1 is 1.43 bits per heavy atom. The van der Waals surface area contributed by atoms with Crippen LogP contribution in [0.25, 0.3) is 0 Å². The van der Waals surface area contributed by atoms with E-state index < -0.39 is 0 Å². The minimum Gasteiger partial charge on any atom is -0.375 e. The quantitative estimate of drug-likeness (QED) is 0.680. The zero-order chi connectivity index (χ0) is 10.4. The van der Waals surface area contributed by atoms with Crippen molar-refractivity contribution in [3.63, 3.8) is 0 Å². The van der Waals surface area contributed by atoms with Crippen molar-refractivity contribution in [1.82, 2.24) is 4.90 Å². The molecule has 1 aliphatic rings. The highest BCUT2D eigenvalue weighted by molar-refractivity contribution is 5.38. The standard InChI is InChI=1S/C12H16N2/c1-3-14(4-2)12-7-5-6-11(10-13)8-9-12/h5-8H,3-4,9H2,1-2H3. The monoisotopic (exact) mass is 188 g/mol. The first-order chi connectivity index (χ1) is 6.81. The highest BCUT2D eigenvalue weighted by Gasteiger charge is 2.05. The fourth-order valence-electron chi connectivity index (χ4n) is 1.56. The summed E-state index contributed by atoms with van der Waals surface area (Å²) in [6.45, 7) is 6.33. The molecule has 74 valence electrons. The lowest BCUT2D eigenvalue weighted by Gasteiger charge is -2.23. The predicted octanol–water partition coefficient (Wildman–Crippen LogP) is 2.62. The van der Waals surface area contributed by atoms with E-state index in [9.17, 15) is 0 Å². The van der Waals surface area contributed by atoms with Gasteiger partial charge in [-0.05, 0) is 26.0 Å². The first-order valence-corrected chi connectivity index (χ1v) is 5.04. The minimum absolute atomic E-state index is 0.753. The highest BCUT2D eigenvalue weighted by Crippen LogP contribution is 2.15. The van der Waals surface area contributed by atoms with Crippen molar-refractivity contribution < 1.29 is 0 Å². The van der Waals surface area contributed by atoms with Gasteiger partial charge in [-0.2, -0.15) is 5.26 Å². The van der Waals surface area contributed by atoms with Gasteiger partial charge in [-0.25, -0.2) is 0 Å². The molecule has 0 radical (unpaired) electrons. The maximum absolute atomic E-state index is 8.75. The van der Waals surface area contributed by atoms with Gasteiger partial charge in [-0.3, -0.25) is 0 Å². The zero-order valence-electron chi connectivity index (χ0n) is 8.83. The van der Waals surface area contributed by atoms with E-state index in [0.717, 1.165) is 25.1 Å². The number of hydrogen-bond acceptors (Lipinski definition) is 2. The van der Waals surface area contributed by atoms with Gasteiger partial charge in [0.25, 0.3) is 0 Å². The lowest BCUT2D eigenvalue weighted by Crippen LogP contribution is -2.21. The number of rotatable bonds is 3. The smallest absolute Gasteiger partial charge is 0.0988 e. The van der Waals surface area contributed by atoms with Crippen LogP contribution >= 0.6 is 0 Å². The molecule has 0 saturated heterocycles. The van der Waals surface area contributed by atoms with Crippen LogP contribution in [-0.2, 0) is 0 Å². The second-order valence-electron chi connectivity index (χ2n) is 3.16. The second-order valence-corrected chi connectivity index (χ2v) is 3.16. The highest BCUT2D eigenvalue weighted by atomic mass is 15.1. The summed E-state index contributed by atoms with van der Waals surface area (Å²) in [5.74, 6) is 0. The first kappa shape index (κ1) is 10.6. The average Bonchev–Trinajstić information content (AvgIpc) is 2.45. The largest absolute Gasteiger partial charge is 0.375 e. The minimum atomic E-state index is 0.753. The zero-order valence-corrected chi connectivity index (χ0v) is 8.83. The van der Waals surface area contributed by atoms with Gasteiger partial charge in [0.1, 0.15) is 0 Å². The first-order valence-electron chi connectivity index (χ1n) is 5.04. The van der Waals surface area contributed by atoms with Crippen molar-refractivity contribution in [3.05, 3.63) is 35.6 Å². The Kier molecular flexibility index (Phi) is 4.00. The normalized spacial score (nSPS) is 15.2. The molecule has 2 nitrogen and oxygen atoms in total. The van der Waals surface area contributed by atoms with Gasteiger partial charge in [0.15, 0.2) is 0 Å². The summed E-state index contributed by atoms with van der Waals surface area (Å²) in [5.41, 5.74) is 2.04. The third kappa shape index (κ3) is 2.50. The molecule has 0 fully saturated rings. The van der Waals surface area contributed by atoms with E-state index >= 15 is 0 Å². The van der Waals surface area contributed by atoms with Crippen LogP contribution in [0.2, 0.25) is 0 Å². The van der Waals surface area contributed by atoms with Gasteiger partial charge in [0, 0.05) is 30.8 Å². The molecule has 1 rings (SSSR count). The lowest BCUT2D eigenvalue weighted by atomic mass is 10.2. The van der Waals surface area contributed by atoms with E-state index in [1.807, 2.05) is 18.2 Å². The number of nitrogens with zero attached hydrogens (tertiary/aromatic N) is 2. The van der Waals surface area contributed by atoms with E-state index in [1.165, 1.54) is 5.70 Å². The molecule has 1 aliphatic carbocycles. The Bertz CT molecular complexity index is 312. The molecule has 0 atom stereocenters. The molecule has 0 unspecified atom stereocenters. The SMILES string of the molecule is CCN(CC)C1=CC=CC(C#N)=CC1. The van der Waals surface area contributed by atoms with E-state index in [4.69, 9.17) is 5.26 Å². The molecule has 0 aromatic carbocycles. The fourth-order valence-corrected chi connectivity index (χ4v) is 1.56. The second kappa shape index (κ2) is 5.29. The average molecular weight is 188 g/mol. The Balaban J connectivity index is 2.76. The van der Waals surface area contributed by atoms with Crippen LogP contribution in [0.1, 0.15) is 20.3 Å². The lowest BCUT2D eigenvalue weighted by molar-refractivity contribution is 0.376. The van der Waals surface area contributed by atoms with E-state index in [2.05, 4.69) is 30.9 Å². The van der Waals surface area contributed by atoms with Gasteiger partial charge in [0.05, 0.1) is 6.07 Å². The van der Waals surface area contributed by atoms with Crippen LogP contribution in [0.5, 0.6) is 0 Å². The summed E-state index contributed by atoms with van der Waals surface area (Å²) < 4.78 is 0. The molecule has 0 N–H and O–H groups in total. The third-order valence-electron chi connectivity index (χ3n) is 2.39. The fraction of sp³-hybridized carbons (Fsp3) is 0.417. The van der Waals surface area contributed by atoms with Crippen LogP contribution in [-0.4, -0.2) is 18.0 Å².